The molecule has 7 N–H and O–H groups in total. The molecule has 208 valence electrons. The van der Waals surface area contributed by atoms with Gasteiger partial charge >= 0.3 is 5.97 Å². The van der Waals surface area contributed by atoms with Gasteiger partial charge in [-0.1, -0.05) is 0 Å². The molecule has 3 aromatic rings. The zero-order valence-electron chi connectivity index (χ0n) is 21.0. The Morgan fingerprint density at radius 1 is 0.825 bits per heavy atom. The number of benzene rings is 2. The standard InChI is InChI=1S/C25H23N5O10/c1-39-21-16(30-24(36)17-6-3-12(9-27-17)28-18(32)10-26-11-31)7-4-13(19(21)33)23(35)29-15-8-5-14(25(37)38)20(34)22(15)40-2/h3-9,11,33-34H,10H2,1-2H3,(H,26,31)(H,28,32)(H,29,35)(H,30,36)(H,37,38). The Kier molecular flexibility index (Phi) is 9.04. The number of ether oxygens (including phenoxy) is 2. The smallest absolute Gasteiger partial charge is 0.339 e. The third-order valence-corrected chi connectivity index (χ3v) is 5.27. The lowest BCUT2D eigenvalue weighted by atomic mass is 10.1. The normalized spacial score (nSPS) is 10.2. The van der Waals surface area contributed by atoms with Crippen molar-refractivity contribution in [3.05, 3.63) is 59.4 Å². The van der Waals surface area contributed by atoms with Crippen molar-refractivity contribution in [3.63, 3.8) is 0 Å². The van der Waals surface area contributed by atoms with Crippen molar-refractivity contribution in [1.82, 2.24) is 10.3 Å². The first-order chi connectivity index (χ1) is 19.1. The number of aromatic carboxylic acids is 1. The summed E-state index contributed by atoms with van der Waals surface area (Å²) in [5, 5.41) is 39.6. The average Bonchev–Trinajstić information content (AvgIpc) is 2.92. The Morgan fingerprint density at radius 2 is 1.40 bits per heavy atom. The molecular formula is C25H23N5O10. The summed E-state index contributed by atoms with van der Waals surface area (Å²) in [6.07, 6.45) is 1.60. The van der Waals surface area contributed by atoms with E-state index in [9.17, 15) is 34.2 Å². The van der Waals surface area contributed by atoms with Crippen molar-refractivity contribution in [2.24, 2.45) is 0 Å². The van der Waals surface area contributed by atoms with E-state index in [1.165, 1.54) is 50.7 Å². The molecule has 1 aromatic heterocycles. The Balaban J connectivity index is 1.78. The first kappa shape index (κ1) is 28.7. The van der Waals surface area contributed by atoms with E-state index < -0.39 is 40.8 Å². The number of anilines is 3. The summed E-state index contributed by atoms with van der Waals surface area (Å²) in [5.74, 6) is -5.35. The van der Waals surface area contributed by atoms with Gasteiger partial charge in [0, 0.05) is 0 Å². The molecule has 0 bridgehead atoms. The molecule has 40 heavy (non-hydrogen) atoms. The van der Waals surface area contributed by atoms with Crippen molar-refractivity contribution >= 4 is 47.2 Å². The van der Waals surface area contributed by atoms with Crippen LogP contribution in [0.1, 0.15) is 31.2 Å². The van der Waals surface area contributed by atoms with Crippen LogP contribution >= 0.6 is 0 Å². The van der Waals surface area contributed by atoms with Gasteiger partial charge in [0.1, 0.15) is 11.3 Å². The fourth-order valence-electron chi connectivity index (χ4n) is 3.43. The number of carbonyl (C=O) groups excluding carboxylic acids is 4. The third-order valence-electron chi connectivity index (χ3n) is 5.27. The third kappa shape index (κ3) is 6.34. The zero-order valence-corrected chi connectivity index (χ0v) is 21.0. The number of aromatic nitrogens is 1. The summed E-state index contributed by atoms with van der Waals surface area (Å²) in [7, 11) is 2.37. The van der Waals surface area contributed by atoms with Gasteiger partial charge in [0.05, 0.1) is 49.6 Å². The fourth-order valence-corrected chi connectivity index (χ4v) is 3.43. The second kappa shape index (κ2) is 12.6. The topological polar surface area (TPSA) is 226 Å². The molecule has 0 atom stereocenters. The lowest BCUT2D eigenvalue weighted by Gasteiger charge is -2.16. The van der Waals surface area contributed by atoms with E-state index in [2.05, 4.69) is 26.3 Å². The van der Waals surface area contributed by atoms with E-state index in [4.69, 9.17) is 14.6 Å². The molecule has 0 fully saturated rings. The minimum Gasteiger partial charge on any atom is -0.504 e. The van der Waals surface area contributed by atoms with Gasteiger partial charge in [0.15, 0.2) is 23.0 Å². The zero-order chi connectivity index (χ0) is 29.4. The van der Waals surface area contributed by atoms with Crippen LogP contribution < -0.4 is 30.7 Å². The van der Waals surface area contributed by atoms with E-state index >= 15 is 0 Å². The van der Waals surface area contributed by atoms with Crippen molar-refractivity contribution in [2.45, 2.75) is 0 Å². The lowest BCUT2D eigenvalue weighted by molar-refractivity contribution is -0.118. The molecule has 0 radical (unpaired) electrons. The first-order valence-electron chi connectivity index (χ1n) is 11.2. The van der Waals surface area contributed by atoms with Gasteiger partial charge in [-0.2, -0.15) is 0 Å². The van der Waals surface area contributed by atoms with E-state index in [1.807, 2.05) is 0 Å². The van der Waals surface area contributed by atoms with Crippen molar-refractivity contribution < 1.29 is 48.8 Å². The maximum Gasteiger partial charge on any atom is 0.339 e. The van der Waals surface area contributed by atoms with Crippen LogP contribution in [0.2, 0.25) is 0 Å². The van der Waals surface area contributed by atoms with E-state index in [-0.39, 0.29) is 46.4 Å². The number of nitrogens with one attached hydrogen (secondary N) is 4. The molecule has 0 saturated carbocycles. The van der Waals surface area contributed by atoms with Crippen LogP contribution in [0, 0.1) is 0 Å². The van der Waals surface area contributed by atoms with Gasteiger partial charge in [0.25, 0.3) is 11.8 Å². The van der Waals surface area contributed by atoms with Gasteiger partial charge in [-0.3, -0.25) is 19.2 Å². The number of phenols is 2. The number of aromatic hydroxyl groups is 2. The number of rotatable bonds is 11. The van der Waals surface area contributed by atoms with Crippen LogP contribution in [0.15, 0.2) is 42.6 Å². The number of carboxylic acid groups (broad SMARTS) is 1. The Labute approximate surface area is 225 Å². The number of amides is 4. The van der Waals surface area contributed by atoms with Gasteiger partial charge in [-0.05, 0) is 36.4 Å². The molecule has 1 heterocycles. The van der Waals surface area contributed by atoms with Gasteiger partial charge in [-0.15, -0.1) is 0 Å². The second-order valence-electron chi connectivity index (χ2n) is 7.78. The van der Waals surface area contributed by atoms with E-state index in [0.29, 0.717) is 6.41 Å². The Hall–Kier alpha value is -5.86. The highest BCUT2D eigenvalue weighted by atomic mass is 16.5. The van der Waals surface area contributed by atoms with Crippen molar-refractivity contribution in [2.75, 3.05) is 36.7 Å². The fraction of sp³-hybridized carbons (Fsp3) is 0.120. The average molecular weight is 553 g/mol. The van der Waals surface area contributed by atoms with Gasteiger partial charge < -0.3 is 46.1 Å². The molecule has 15 heteroatoms. The van der Waals surface area contributed by atoms with Crippen LogP contribution in [0.3, 0.4) is 0 Å². The number of hydrogen-bond donors (Lipinski definition) is 7. The SMILES string of the molecule is COc1c(NC(=O)c2ccc(NC(=O)c3ccc(NC(=O)CNC=O)cn3)c(OC)c2O)ccc(C(=O)O)c1O. The molecule has 0 aliphatic carbocycles. The van der Waals surface area contributed by atoms with Crippen LogP contribution in [0.25, 0.3) is 0 Å². The molecule has 3 rings (SSSR count). The summed E-state index contributed by atoms with van der Waals surface area (Å²) >= 11 is 0. The summed E-state index contributed by atoms with van der Waals surface area (Å²) < 4.78 is 10.2. The second-order valence-corrected chi connectivity index (χ2v) is 7.78. The van der Waals surface area contributed by atoms with E-state index in [1.54, 1.807) is 0 Å². The Morgan fingerprint density at radius 3 is 1.93 bits per heavy atom. The summed E-state index contributed by atoms with van der Waals surface area (Å²) in [6.45, 7) is -0.240. The van der Waals surface area contributed by atoms with Crippen LogP contribution in [0.5, 0.6) is 23.0 Å². The predicted octanol–water partition coefficient (Wildman–Crippen LogP) is 1.40. The molecule has 0 spiro atoms. The molecular weight excluding hydrogens is 530 g/mol. The number of nitrogens with zero attached hydrogens (tertiary/aromatic N) is 1. The highest BCUT2D eigenvalue weighted by Crippen LogP contribution is 2.40. The van der Waals surface area contributed by atoms with Crippen LogP contribution in [-0.2, 0) is 9.59 Å². The summed E-state index contributed by atoms with van der Waals surface area (Å²) in [6, 6.07) is 7.49. The quantitative estimate of drug-likeness (QED) is 0.168. The first-order valence-corrected chi connectivity index (χ1v) is 11.2. The maximum atomic E-state index is 12.9. The summed E-state index contributed by atoms with van der Waals surface area (Å²) in [4.78, 5) is 62.7. The van der Waals surface area contributed by atoms with Crippen LogP contribution in [-0.4, -0.2) is 71.2 Å². The summed E-state index contributed by atoms with van der Waals surface area (Å²) in [5.41, 5.74) is -0.564. The number of carbonyl (C=O) groups is 5. The number of methoxy groups -OCH3 is 2. The predicted molar refractivity (Wildman–Crippen MR) is 139 cm³/mol. The van der Waals surface area contributed by atoms with Gasteiger partial charge in [-0.25, -0.2) is 9.78 Å². The molecule has 15 nitrogen and oxygen atoms in total. The number of pyridine rings is 1. The van der Waals surface area contributed by atoms with Crippen molar-refractivity contribution in [3.8, 4) is 23.0 Å². The molecule has 4 amide bonds. The highest BCUT2D eigenvalue weighted by molar-refractivity contribution is 6.10. The largest absolute Gasteiger partial charge is 0.504 e. The lowest BCUT2D eigenvalue weighted by Crippen LogP contribution is -2.27. The Bertz CT molecular complexity index is 1470. The molecule has 0 unspecified atom stereocenters. The molecule has 0 aliphatic heterocycles. The minimum atomic E-state index is -1.41. The monoisotopic (exact) mass is 553 g/mol. The van der Waals surface area contributed by atoms with Crippen LogP contribution in [0.4, 0.5) is 17.1 Å². The van der Waals surface area contributed by atoms with E-state index in [0.717, 1.165) is 6.07 Å². The number of carboxylic acids is 1. The van der Waals surface area contributed by atoms with Gasteiger partial charge in [0.2, 0.25) is 12.3 Å². The number of phenolic OH excluding ortho intramolecular Hbond substituents is 1. The molecule has 0 saturated heterocycles. The minimum absolute atomic E-state index is 0.00158. The molecule has 2 aromatic carbocycles. The maximum absolute atomic E-state index is 12.9. The molecule has 0 aliphatic rings. The highest BCUT2D eigenvalue weighted by Gasteiger charge is 2.23. The van der Waals surface area contributed by atoms with Crippen molar-refractivity contribution in [1.29, 1.82) is 0 Å². The number of hydrogen-bond acceptors (Lipinski definition) is 10.